The molecule has 0 spiro atoms. The molecule has 3 N–H and O–H groups in total. The lowest BCUT2D eigenvalue weighted by Crippen LogP contribution is -2.32. The lowest BCUT2D eigenvalue weighted by molar-refractivity contribution is -0.137. The second kappa shape index (κ2) is 5.38. The summed E-state index contributed by atoms with van der Waals surface area (Å²) in [6.07, 6.45) is 1.24. The first-order valence-electron chi connectivity index (χ1n) is 5.51. The maximum absolute atomic E-state index is 11.7. The molecule has 0 bridgehead atoms. The summed E-state index contributed by atoms with van der Waals surface area (Å²) < 4.78 is 0. The van der Waals surface area contributed by atoms with E-state index in [1.807, 2.05) is 0 Å². The van der Waals surface area contributed by atoms with Gasteiger partial charge >= 0.3 is 5.97 Å². The average molecular weight is 277 g/mol. The van der Waals surface area contributed by atoms with Crippen LogP contribution in [0.4, 0.5) is 0 Å². The van der Waals surface area contributed by atoms with E-state index in [4.69, 9.17) is 10.8 Å². The van der Waals surface area contributed by atoms with Gasteiger partial charge in [-0.1, -0.05) is 24.3 Å². The fraction of sp³-hybridized carbons (Fsp3) is 0.154. The molecule has 98 valence electrons. The maximum atomic E-state index is 11.7. The van der Waals surface area contributed by atoms with E-state index in [1.165, 1.54) is 6.08 Å². The number of hydrogen-bond donors (Lipinski definition) is 2. The zero-order valence-electron chi connectivity index (χ0n) is 9.83. The Balaban J connectivity index is 2.26. The van der Waals surface area contributed by atoms with Crippen molar-refractivity contribution in [2.45, 2.75) is 6.04 Å². The summed E-state index contributed by atoms with van der Waals surface area (Å²) in [4.78, 5) is 34.5. The van der Waals surface area contributed by atoms with Crippen molar-refractivity contribution in [3.05, 3.63) is 41.5 Å². The number of hydrogen-bond acceptors (Lipinski definition) is 5. The minimum Gasteiger partial charge on any atom is -0.480 e. The highest BCUT2D eigenvalue weighted by molar-refractivity contribution is 8.08. The van der Waals surface area contributed by atoms with Crippen LogP contribution in [-0.2, 0) is 9.59 Å². The minimum absolute atomic E-state index is 0.136. The van der Waals surface area contributed by atoms with Gasteiger partial charge in [0.2, 0.25) is 11.6 Å². The van der Waals surface area contributed by atoms with E-state index >= 15 is 0 Å². The van der Waals surface area contributed by atoms with Gasteiger partial charge in [-0.25, -0.2) is 0 Å². The maximum Gasteiger partial charge on any atom is 0.321 e. The molecule has 0 aromatic heterocycles. The van der Waals surface area contributed by atoms with Gasteiger partial charge in [0.1, 0.15) is 6.04 Å². The van der Waals surface area contributed by atoms with Crippen LogP contribution in [0, 0.1) is 0 Å². The quantitative estimate of drug-likeness (QED) is 0.795. The highest BCUT2D eigenvalue weighted by Crippen LogP contribution is 2.33. The Morgan fingerprint density at radius 2 is 1.89 bits per heavy atom. The van der Waals surface area contributed by atoms with Crippen molar-refractivity contribution in [3.63, 3.8) is 0 Å². The van der Waals surface area contributed by atoms with E-state index in [2.05, 4.69) is 0 Å². The molecule has 1 atom stereocenters. The lowest BCUT2D eigenvalue weighted by Gasteiger charge is -2.16. The minimum atomic E-state index is -1.10. The Labute approximate surface area is 113 Å². The number of benzene rings is 1. The van der Waals surface area contributed by atoms with E-state index in [0.29, 0.717) is 16.0 Å². The van der Waals surface area contributed by atoms with Crippen LogP contribution in [-0.4, -0.2) is 34.4 Å². The van der Waals surface area contributed by atoms with Gasteiger partial charge in [-0.2, -0.15) is 0 Å². The summed E-state index contributed by atoms with van der Waals surface area (Å²) in [5.74, 6) is -2.09. The molecule has 0 fully saturated rings. The van der Waals surface area contributed by atoms with Crippen molar-refractivity contribution in [1.82, 2.24) is 0 Å². The molecule has 0 saturated carbocycles. The number of fused-ring (bicyclic) bond motifs is 1. The molecule has 0 unspecified atom stereocenters. The largest absolute Gasteiger partial charge is 0.480 e. The second-order valence-corrected chi connectivity index (χ2v) is 5.07. The Kier molecular flexibility index (Phi) is 3.82. The van der Waals surface area contributed by atoms with E-state index in [9.17, 15) is 14.4 Å². The molecule has 1 aromatic rings. The van der Waals surface area contributed by atoms with Crippen LogP contribution < -0.4 is 5.73 Å². The molecule has 6 heteroatoms. The topological polar surface area (TPSA) is 97.5 Å². The van der Waals surface area contributed by atoms with Gasteiger partial charge in [0.25, 0.3) is 0 Å². The number of carbonyl (C=O) groups excluding carboxylic acids is 2. The number of Topliss-reactive ketones (excluding diaryl/α,β-unsaturated/α-hetero) is 1. The molecule has 5 nitrogen and oxygen atoms in total. The monoisotopic (exact) mass is 277 g/mol. The standard InChI is InChI=1S/C13H11NO4S/c14-9(13(17)18)6-19-11-5-10(15)12(16)8-4-2-1-3-7(8)11/h1-5,9H,6,14H2,(H,17,18)/t9-/m0/s1. The van der Waals surface area contributed by atoms with Gasteiger partial charge in [-0.15, -0.1) is 11.8 Å². The third-order valence-corrected chi connectivity index (χ3v) is 3.83. The molecule has 0 saturated heterocycles. The first-order chi connectivity index (χ1) is 9.00. The first kappa shape index (κ1) is 13.5. The Bertz CT molecular complexity index is 594. The highest BCUT2D eigenvalue weighted by Gasteiger charge is 2.26. The Morgan fingerprint density at radius 1 is 1.26 bits per heavy atom. The Morgan fingerprint density at radius 3 is 2.53 bits per heavy atom. The summed E-state index contributed by atoms with van der Waals surface area (Å²) in [5.41, 5.74) is 6.41. The van der Waals surface area contributed by atoms with Crippen molar-refractivity contribution in [2.24, 2.45) is 5.73 Å². The van der Waals surface area contributed by atoms with Gasteiger partial charge in [-0.3, -0.25) is 14.4 Å². The molecule has 0 amide bonds. The summed E-state index contributed by atoms with van der Waals surface area (Å²) in [5, 5.41) is 8.72. The molecule has 1 aliphatic rings. The molecule has 0 heterocycles. The Hall–Kier alpha value is -1.92. The van der Waals surface area contributed by atoms with Crippen LogP contribution in [0.3, 0.4) is 0 Å². The van der Waals surface area contributed by atoms with E-state index in [1.54, 1.807) is 24.3 Å². The summed E-state index contributed by atoms with van der Waals surface area (Å²) in [6.45, 7) is 0. The van der Waals surface area contributed by atoms with Crippen LogP contribution in [0.1, 0.15) is 15.9 Å². The number of carbonyl (C=O) groups is 3. The number of ketones is 2. The zero-order valence-corrected chi connectivity index (χ0v) is 10.6. The predicted molar refractivity (Wildman–Crippen MR) is 71.8 cm³/mol. The molecular weight excluding hydrogens is 266 g/mol. The molecular formula is C13H11NO4S. The fourth-order valence-electron chi connectivity index (χ4n) is 1.66. The van der Waals surface area contributed by atoms with Crippen LogP contribution in [0.2, 0.25) is 0 Å². The summed E-state index contributed by atoms with van der Waals surface area (Å²) in [6, 6.07) is 5.74. The highest BCUT2D eigenvalue weighted by atomic mass is 32.2. The van der Waals surface area contributed by atoms with E-state index in [0.717, 1.165) is 11.8 Å². The van der Waals surface area contributed by atoms with Crippen LogP contribution in [0.15, 0.2) is 30.3 Å². The number of nitrogens with two attached hydrogens (primary N) is 1. The molecule has 19 heavy (non-hydrogen) atoms. The number of aliphatic carboxylic acids is 1. The summed E-state index contributed by atoms with van der Waals surface area (Å²) in [7, 11) is 0. The van der Waals surface area contributed by atoms with Crippen LogP contribution in [0.5, 0.6) is 0 Å². The molecule has 1 aromatic carbocycles. The van der Waals surface area contributed by atoms with Gasteiger partial charge in [0, 0.05) is 22.3 Å². The molecule has 0 radical (unpaired) electrons. The predicted octanol–water partition coefficient (Wildman–Crippen LogP) is 0.938. The number of carboxylic acid groups (broad SMARTS) is 1. The van der Waals surface area contributed by atoms with Gasteiger partial charge in [-0.05, 0) is 5.56 Å². The third-order valence-electron chi connectivity index (χ3n) is 2.66. The van der Waals surface area contributed by atoms with Crippen LogP contribution in [0.25, 0.3) is 4.91 Å². The average Bonchev–Trinajstić information content (AvgIpc) is 2.40. The first-order valence-corrected chi connectivity index (χ1v) is 6.50. The second-order valence-electron chi connectivity index (χ2n) is 4.00. The molecule has 1 aliphatic carbocycles. The van der Waals surface area contributed by atoms with Crippen molar-refractivity contribution in [2.75, 3.05) is 5.75 Å². The number of rotatable bonds is 4. The smallest absolute Gasteiger partial charge is 0.321 e. The molecule has 2 rings (SSSR count). The number of thioether (sulfide) groups is 1. The van der Waals surface area contributed by atoms with Crippen molar-refractivity contribution < 1.29 is 19.5 Å². The molecule has 0 aliphatic heterocycles. The normalized spacial score (nSPS) is 15.7. The van der Waals surface area contributed by atoms with Gasteiger partial charge < -0.3 is 10.8 Å². The van der Waals surface area contributed by atoms with Crippen molar-refractivity contribution >= 4 is 34.2 Å². The van der Waals surface area contributed by atoms with Gasteiger partial charge in [0.05, 0.1) is 0 Å². The lowest BCUT2D eigenvalue weighted by atomic mass is 9.95. The van der Waals surface area contributed by atoms with Gasteiger partial charge in [0.15, 0.2) is 0 Å². The fourth-order valence-corrected chi connectivity index (χ4v) is 2.69. The van der Waals surface area contributed by atoms with E-state index in [-0.39, 0.29) is 5.75 Å². The number of carboxylic acids is 1. The SMILES string of the molecule is N[C@@H](CSC1=CC(=O)C(=O)c2ccccc21)C(=O)O. The van der Waals surface area contributed by atoms with Crippen molar-refractivity contribution in [1.29, 1.82) is 0 Å². The van der Waals surface area contributed by atoms with Crippen molar-refractivity contribution in [3.8, 4) is 0 Å². The van der Waals surface area contributed by atoms with E-state index < -0.39 is 23.6 Å². The number of allylic oxidation sites excluding steroid dienone is 1. The van der Waals surface area contributed by atoms with Crippen LogP contribution >= 0.6 is 11.8 Å². The summed E-state index contributed by atoms with van der Waals surface area (Å²) >= 11 is 1.16. The zero-order chi connectivity index (χ0) is 14.0. The third kappa shape index (κ3) is 2.74.